The van der Waals surface area contributed by atoms with E-state index < -0.39 is 18.1 Å². The van der Waals surface area contributed by atoms with Gasteiger partial charge in [-0.05, 0) is 6.42 Å². The summed E-state index contributed by atoms with van der Waals surface area (Å²) in [5, 5.41) is 29.6. The second-order valence-electron chi connectivity index (χ2n) is 6.41. The van der Waals surface area contributed by atoms with E-state index in [4.69, 9.17) is 10.2 Å². The fourth-order valence-corrected chi connectivity index (χ4v) is 3.39. The highest BCUT2D eigenvalue weighted by Crippen LogP contribution is 2.11. The molecule has 0 aromatic carbocycles. The van der Waals surface area contributed by atoms with Crippen molar-refractivity contribution in [1.82, 2.24) is 5.32 Å². The number of hydrogen-bond acceptors (Lipinski definition) is 5. The maximum atomic E-state index is 11.8. The lowest BCUT2D eigenvalue weighted by Gasteiger charge is -2.15. The summed E-state index contributed by atoms with van der Waals surface area (Å²) < 4.78 is 0. The number of thioether (sulfide) groups is 1. The summed E-state index contributed by atoms with van der Waals surface area (Å²) in [4.78, 5) is 23.0. The SMILES string of the molecule is CCCCCCCCCCCC(=O)N[C@H](CSC[C@H](O)CO)C(=O)O. The maximum Gasteiger partial charge on any atom is 0.327 e. The number of hydrogen-bond donors (Lipinski definition) is 4. The Morgan fingerprint density at radius 2 is 1.52 bits per heavy atom. The molecule has 0 aliphatic carbocycles. The van der Waals surface area contributed by atoms with E-state index in [0.717, 1.165) is 19.3 Å². The summed E-state index contributed by atoms with van der Waals surface area (Å²) in [6.45, 7) is 1.85. The Morgan fingerprint density at radius 3 is 2.04 bits per heavy atom. The van der Waals surface area contributed by atoms with Gasteiger partial charge in [0.05, 0.1) is 12.7 Å². The summed E-state index contributed by atoms with van der Waals surface area (Å²) in [5.41, 5.74) is 0. The Labute approximate surface area is 155 Å². The highest BCUT2D eigenvalue weighted by molar-refractivity contribution is 7.99. The average molecular weight is 378 g/mol. The number of carboxylic acids is 1. The summed E-state index contributed by atoms with van der Waals surface area (Å²) in [7, 11) is 0. The molecule has 0 saturated carbocycles. The summed E-state index contributed by atoms with van der Waals surface area (Å²) in [5.74, 6) is -0.894. The minimum Gasteiger partial charge on any atom is -0.480 e. The van der Waals surface area contributed by atoms with Crippen molar-refractivity contribution in [3.05, 3.63) is 0 Å². The van der Waals surface area contributed by atoms with Gasteiger partial charge in [-0.1, -0.05) is 58.3 Å². The number of carbonyl (C=O) groups is 2. The number of carbonyl (C=O) groups excluding carboxylic acids is 1. The van der Waals surface area contributed by atoms with Crippen molar-refractivity contribution in [3.63, 3.8) is 0 Å². The molecule has 4 N–H and O–H groups in total. The molecule has 148 valence electrons. The smallest absolute Gasteiger partial charge is 0.327 e. The van der Waals surface area contributed by atoms with Gasteiger partial charge in [-0.15, -0.1) is 0 Å². The molecule has 0 aliphatic heterocycles. The summed E-state index contributed by atoms with van der Waals surface area (Å²) >= 11 is 1.20. The van der Waals surface area contributed by atoms with Crippen LogP contribution in [0.5, 0.6) is 0 Å². The van der Waals surface area contributed by atoms with Crippen molar-refractivity contribution in [3.8, 4) is 0 Å². The van der Waals surface area contributed by atoms with Crippen LogP contribution in [0.15, 0.2) is 0 Å². The van der Waals surface area contributed by atoms with Gasteiger partial charge >= 0.3 is 5.97 Å². The molecule has 1 amide bonds. The second-order valence-corrected chi connectivity index (χ2v) is 7.49. The lowest BCUT2D eigenvalue weighted by molar-refractivity contribution is -0.141. The monoisotopic (exact) mass is 377 g/mol. The van der Waals surface area contributed by atoms with Gasteiger partial charge in [-0.25, -0.2) is 4.79 Å². The first-order chi connectivity index (χ1) is 12.0. The van der Waals surface area contributed by atoms with Gasteiger partial charge in [0.15, 0.2) is 0 Å². The van der Waals surface area contributed by atoms with E-state index in [1.165, 1.54) is 50.3 Å². The molecule has 0 fully saturated rings. The Morgan fingerprint density at radius 1 is 0.960 bits per heavy atom. The van der Waals surface area contributed by atoms with E-state index in [-0.39, 0.29) is 24.0 Å². The largest absolute Gasteiger partial charge is 0.480 e. The van der Waals surface area contributed by atoms with Crippen molar-refractivity contribution in [2.24, 2.45) is 0 Å². The zero-order chi connectivity index (χ0) is 18.9. The van der Waals surface area contributed by atoms with E-state index in [0.29, 0.717) is 6.42 Å². The zero-order valence-electron chi connectivity index (χ0n) is 15.4. The lowest BCUT2D eigenvalue weighted by atomic mass is 10.1. The molecule has 6 nitrogen and oxygen atoms in total. The molecule has 7 heteroatoms. The fourth-order valence-electron chi connectivity index (χ4n) is 2.41. The van der Waals surface area contributed by atoms with Crippen LogP contribution in [0.2, 0.25) is 0 Å². The molecule has 0 bridgehead atoms. The molecule has 0 radical (unpaired) electrons. The normalized spacial score (nSPS) is 13.4. The van der Waals surface area contributed by atoms with Crippen LogP contribution in [0.1, 0.15) is 71.1 Å². The summed E-state index contributed by atoms with van der Waals surface area (Å²) in [6, 6.07) is -0.957. The van der Waals surface area contributed by atoms with Crippen LogP contribution in [0.4, 0.5) is 0 Å². The van der Waals surface area contributed by atoms with Crippen LogP contribution in [-0.2, 0) is 9.59 Å². The molecule has 0 aromatic rings. The third-order valence-electron chi connectivity index (χ3n) is 3.95. The fraction of sp³-hybridized carbons (Fsp3) is 0.889. The number of aliphatic hydroxyl groups excluding tert-OH is 2. The first-order valence-corrected chi connectivity index (χ1v) is 10.6. The van der Waals surface area contributed by atoms with Gasteiger partial charge in [-0.2, -0.15) is 11.8 Å². The van der Waals surface area contributed by atoms with Crippen molar-refractivity contribution < 1.29 is 24.9 Å². The summed E-state index contributed by atoms with van der Waals surface area (Å²) in [6.07, 6.45) is 10.0. The van der Waals surface area contributed by atoms with Gasteiger partial charge in [0.25, 0.3) is 0 Å². The third-order valence-corrected chi connectivity index (χ3v) is 5.14. The Kier molecular flexibility index (Phi) is 16.1. The number of aliphatic carboxylic acids is 1. The topological polar surface area (TPSA) is 107 Å². The van der Waals surface area contributed by atoms with E-state index in [2.05, 4.69) is 12.2 Å². The van der Waals surface area contributed by atoms with E-state index in [1.54, 1.807) is 0 Å². The zero-order valence-corrected chi connectivity index (χ0v) is 16.2. The number of amides is 1. The second kappa shape index (κ2) is 16.7. The quantitative estimate of drug-likeness (QED) is 0.290. The lowest BCUT2D eigenvalue weighted by Crippen LogP contribution is -2.42. The number of carboxylic acid groups (broad SMARTS) is 1. The first-order valence-electron chi connectivity index (χ1n) is 9.40. The predicted octanol–water partition coefficient (Wildman–Crippen LogP) is 2.56. The highest BCUT2D eigenvalue weighted by Gasteiger charge is 2.20. The molecular formula is C18H35NO5S. The molecule has 0 saturated heterocycles. The Balaban J connectivity index is 3.73. The van der Waals surface area contributed by atoms with Gasteiger partial charge in [0, 0.05) is 17.9 Å². The number of nitrogens with one attached hydrogen (secondary N) is 1. The highest BCUT2D eigenvalue weighted by atomic mass is 32.2. The van der Waals surface area contributed by atoms with Crippen LogP contribution in [-0.4, -0.2) is 57.5 Å². The van der Waals surface area contributed by atoms with Crippen molar-refractivity contribution in [2.45, 2.75) is 83.3 Å². The average Bonchev–Trinajstić information content (AvgIpc) is 2.59. The van der Waals surface area contributed by atoms with Crippen molar-refractivity contribution in [1.29, 1.82) is 0 Å². The van der Waals surface area contributed by atoms with E-state index in [1.807, 2.05) is 0 Å². The first kappa shape index (κ1) is 24.2. The molecule has 2 atom stereocenters. The van der Waals surface area contributed by atoms with Crippen LogP contribution in [0.25, 0.3) is 0 Å². The van der Waals surface area contributed by atoms with Crippen molar-refractivity contribution >= 4 is 23.6 Å². The maximum absolute atomic E-state index is 11.8. The van der Waals surface area contributed by atoms with Gasteiger partial charge in [-0.3, -0.25) is 4.79 Å². The van der Waals surface area contributed by atoms with Gasteiger partial charge in [0.2, 0.25) is 5.91 Å². The number of unbranched alkanes of at least 4 members (excludes halogenated alkanes) is 8. The Hall–Kier alpha value is -0.790. The predicted molar refractivity (Wildman–Crippen MR) is 102 cm³/mol. The van der Waals surface area contributed by atoms with Crippen LogP contribution in [0.3, 0.4) is 0 Å². The van der Waals surface area contributed by atoms with Crippen LogP contribution < -0.4 is 5.32 Å². The molecular weight excluding hydrogens is 342 g/mol. The molecule has 0 unspecified atom stereocenters. The van der Waals surface area contributed by atoms with Gasteiger partial charge < -0.3 is 20.6 Å². The van der Waals surface area contributed by atoms with E-state index >= 15 is 0 Å². The molecule has 0 spiro atoms. The van der Waals surface area contributed by atoms with Crippen LogP contribution >= 0.6 is 11.8 Å². The molecule has 25 heavy (non-hydrogen) atoms. The minimum absolute atomic E-state index is 0.176. The van der Waals surface area contributed by atoms with Gasteiger partial charge in [0.1, 0.15) is 6.04 Å². The van der Waals surface area contributed by atoms with Crippen LogP contribution in [0, 0.1) is 0 Å². The third kappa shape index (κ3) is 15.2. The van der Waals surface area contributed by atoms with Crippen molar-refractivity contribution in [2.75, 3.05) is 18.1 Å². The Bertz CT molecular complexity index is 354. The molecule has 0 aliphatic rings. The number of rotatable bonds is 17. The number of aliphatic hydroxyl groups is 2. The standard InChI is InChI=1S/C18H35NO5S/c1-2-3-4-5-6-7-8-9-10-11-17(22)19-16(18(23)24)14-25-13-15(21)12-20/h15-16,20-21H,2-14H2,1H3,(H,19,22)(H,23,24)/t15-,16-/m1/s1. The van der Waals surface area contributed by atoms with E-state index in [9.17, 15) is 14.7 Å². The molecule has 0 aromatic heterocycles. The molecule has 0 rings (SSSR count). The minimum atomic E-state index is -1.08. The molecule has 0 heterocycles.